The van der Waals surface area contributed by atoms with E-state index in [2.05, 4.69) is 31.3 Å². The Hall–Kier alpha value is -1.18. The Bertz CT molecular complexity index is 346. The van der Waals surface area contributed by atoms with Crippen molar-refractivity contribution in [3.05, 3.63) is 23.8 Å². The second-order valence-corrected chi connectivity index (χ2v) is 4.66. The van der Waals surface area contributed by atoms with Crippen LogP contribution in [-0.2, 0) is 0 Å². The van der Waals surface area contributed by atoms with E-state index < -0.39 is 0 Å². The number of benzene rings is 1. The van der Waals surface area contributed by atoms with E-state index in [4.69, 9.17) is 4.74 Å². The molecule has 1 atom stereocenters. The van der Waals surface area contributed by atoms with Gasteiger partial charge < -0.3 is 10.1 Å². The predicted octanol–water partition coefficient (Wildman–Crippen LogP) is 3.25. The Balaban J connectivity index is 2.23. The molecule has 0 saturated carbocycles. The highest BCUT2D eigenvalue weighted by atomic mass is 16.5. The smallest absolute Gasteiger partial charge is 0.119 e. The molecule has 1 unspecified atom stereocenters. The molecule has 2 nitrogen and oxygen atoms in total. The minimum absolute atomic E-state index is 0.648. The third-order valence-electron chi connectivity index (χ3n) is 2.99. The van der Waals surface area contributed by atoms with Crippen LogP contribution >= 0.6 is 0 Å². The standard InChI is InChI=1S/C13H19NO/c1-9(2)6-10-8-14-13-5-4-11(15-3)7-12(10)13/h4-5,7,9-10,14H,6,8H2,1-3H3. The SMILES string of the molecule is COc1ccc2c(c1)C(CC(C)C)CN2. The normalized spacial score (nSPS) is 18.8. The molecule has 0 amide bonds. The second kappa shape index (κ2) is 4.13. The summed E-state index contributed by atoms with van der Waals surface area (Å²) in [6.45, 7) is 5.62. The maximum absolute atomic E-state index is 5.26. The first kappa shape index (κ1) is 10.3. The van der Waals surface area contributed by atoms with Crippen molar-refractivity contribution in [3.63, 3.8) is 0 Å². The van der Waals surface area contributed by atoms with Crippen LogP contribution in [-0.4, -0.2) is 13.7 Å². The predicted molar refractivity (Wildman–Crippen MR) is 63.7 cm³/mol. The van der Waals surface area contributed by atoms with E-state index in [9.17, 15) is 0 Å². The van der Waals surface area contributed by atoms with Crippen LogP contribution in [0.25, 0.3) is 0 Å². The average molecular weight is 205 g/mol. The Kier molecular flexibility index (Phi) is 2.85. The third kappa shape index (κ3) is 2.09. The van der Waals surface area contributed by atoms with Gasteiger partial charge in [-0.05, 0) is 36.1 Å². The van der Waals surface area contributed by atoms with Gasteiger partial charge in [0.2, 0.25) is 0 Å². The Labute approximate surface area is 91.6 Å². The zero-order chi connectivity index (χ0) is 10.8. The molecule has 0 aliphatic carbocycles. The fourth-order valence-electron chi connectivity index (χ4n) is 2.29. The van der Waals surface area contributed by atoms with Crippen LogP contribution in [0.2, 0.25) is 0 Å². The molecule has 1 aliphatic rings. The van der Waals surface area contributed by atoms with Crippen LogP contribution in [0, 0.1) is 5.92 Å². The number of hydrogen-bond acceptors (Lipinski definition) is 2. The maximum atomic E-state index is 5.26. The summed E-state index contributed by atoms with van der Waals surface area (Å²) in [7, 11) is 1.72. The Morgan fingerprint density at radius 2 is 2.27 bits per heavy atom. The number of hydrogen-bond donors (Lipinski definition) is 1. The number of fused-ring (bicyclic) bond motifs is 1. The fraction of sp³-hybridized carbons (Fsp3) is 0.538. The van der Waals surface area contributed by atoms with Crippen molar-refractivity contribution in [3.8, 4) is 5.75 Å². The lowest BCUT2D eigenvalue weighted by atomic mass is 9.92. The van der Waals surface area contributed by atoms with Crippen LogP contribution in [0.4, 0.5) is 5.69 Å². The Morgan fingerprint density at radius 3 is 2.93 bits per heavy atom. The van der Waals surface area contributed by atoms with Crippen LogP contribution < -0.4 is 10.1 Å². The number of nitrogens with one attached hydrogen (secondary N) is 1. The van der Waals surface area contributed by atoms with E-state index in [0.29, 0.717) is 5.92 Å². The van der Waals surface area contributed by atoms with Crippen molar-refractivity contribution < 1.29 is 4.74 Å². The van der Waals surface area contributed by atoms with Crippen LogP contribution in [0.3, 0.4) is 0 Å². The highest BCUT2D eigenvalue weighted by Crippen LogP contribution is 2.37. The van der Waals surface area contributed by atoms with Gasteiger partial charge in [0.25, 0.3) is 0 Å². The molecule has 0 aromatic heterocycles. The minimum Gasteiger partial charge on any atom is -0.497 e. The van der Waals surface area contributed by atoms with Gasteiger partial charge in [-0.3, -0.25) is 0 Å². The molecule has 82 valence electrons. The molecule has 0 saturated heterocycles. The largest absolute Gasteiger partial charge is 0.497 e. The molecular formula is C13H19NO. The Morgan fingerprint density at radius 1 is 1.47 bits per heavy atom. The van der Waals surface area contributed by atoms with Crippen molar-refractivity contribution in [1.29, 1.82) is 0 Å². The molecular weight excluding hydrogens is 186 g/mol. The number of ether oxygens (including phenoxy) is 1. The lowest BCUT2D eigenvalue weighted by Crippen LogP contribution is -2.05. The molecule has 0 spiro atoms. The van der Waals surface area contributed by atoms with Crippen molar-refractivity contribution in [2.24, 2.45) is 5.92 Å². The summed E-state index contributed by atoms with van der Waals surface area (Å²) in [5, 5.41) is 3.45. The van der Waals surface area contributed by atoms with Gasteiger partial charge in [-0.1, -0.05) is 13.8 Å². The summed E-state index contributed by atoms with van der Waals surface area (Å²) in [6.07, 6.45) is 1.24. The number of rotatable bonds is 3. The maximum Gasteiger partial charge on any atom is 0.119 e. The highest BCUT2D eigenvalue weighted by Gasteiger charge is 2.23. The molecule has 1 heterocycles. The summed E-state index contributed by atoms with van der Waals surface area (Å²) in [4.78, 5) is 0. The van der Waals surface area contributed by atoms with Gasteiger partial charge in [-0.2, -0.15) is 0 Å². The van der Waals surface area contributed by atoms with Gasteiger partial charge >= 0.3 is 0 Å². The van der Waals surface area contributed by atoms with Gasteiger partial charge in [0.15, 0.2) is 0 Å². The third-order valence-corrected chi connectivity index (χ3v) is 2.99. The first-order chi connectivity index (χ1) is 7.20. The van der Waals surface area contributed by atoms with Gasteiger partial charge in [0, 0.05) is 18.2 Å². The van der Waals surface area contributed by atoms with Gasteiger partial charge in [-0.25, -0.2) is 0 Å². The second-order valence-electron chi connectivity index (χ2n) is 4.66. The zero-order valence-corrected chi connectivity index (χ0v) is 9.71. The van der Waals surface area contributed by atoms with Crippen LogP contribution in [0.5, 0.6) is 5.75 Å². The lowest BCUT2D eigenvalue weighted by Gasteiger charge is -2.13. The molecule has 2 heteroatoms. The monoisotopic (exact) mass is 205 g/mol. The molecule has 1 aromatic rings. The van der Waals surface area contributed by atoms with Crippen LogP contribution in [0.1, 0.15) is 31.7 Å². The van der Waals surface area contributed by atoms with Crippen molar-refractivity contribution >= 4 is 5.69 Å². The summed E-state index contributed by atoms with van der Waals surface area (Å²) in [5.41, 5.74) is 2.70. The van der Waals surface area contributed by atoms with E-state index >= 15 is 0 Å². The summed E-state index contributed by atoms with van der Waals surface area (Å²) in [5.74, 6) is 2.36. The minimum atomic E-state index is 0.648. The van der Waals surface area contributed by atoms with Crippen molar-refractivity contribution in [2.75, 3.05) is 19.0 Å². The first-order valence-corrected chi connectivity index (χ1v) is 5.62. The molecule has 0 fully saturated rings. The van der Waals surface area contributed by atoms with Crippen molar-refractivity contribution in [2.45, 2.75) is 26.2 Å². The molecule has 0 bridgehead atoms. The number of methoxy groups -OCH3 is 1. The fourth-order valence-corrected chi connectivity index (χ4v) is 2.29. The molecule has 15 heavy (non-hydrogen) atoms. The quantitative estimate of drug-likeness (QED) is 0.817. The van der Waals surface area contributed by atoms with E-state index in [1.807, 2.05) is 6.07 Å². The topological polar surface area (TPSA) is 21.3 Å². The molecule has 1 N–H and O–H groups in total. The average Bonchev–Trinajstić information content (AvgIpc) is 2.60. The zero-order valence-electron chi connectivity index (χ0n) is 9.71. The van der Waals surface area contributed by atoms with Gasteiger partial charge in [-0.15, -0.1) is 0 Å². The van der Waals surface area contributed by atoms with E-state index in [-0.39, 0.29) is 0 Å². The first-order valence-electron chi connectivity index (χ1n) is 5.62. The van der Waals surface area contributed by atoms with Crippen molar-refractivity contribution in [1.82, 2.24) is 0 Å². The molecule has 2 rings (SSSR count). The summed E-state index contributed by atoms with van der Waals surface area (Å²) in [6, 6.07) is 6.31. The van der Waals surface area contributed by atoms with Gasteiger partial charge in [0.05, 0.1) is 7.11 Å². The molecule has 1 aliphatic heterocycles. The van der Waals surface area contributed by atoms with E-state index in [1.54, 1.807) is 7.11 Å². The lowest BCUT2D eigenvalue weighted by molar-refractivity contribution is 0.413. The van der Waals surface area contributed by atoms with Crippen LogP contribution in [0.15, 0.2) is 18.2 Å². The highest BCUT2D eigenvalue weighted by molar-refractivity contribution is 5.60. The van der Waals surface area contributed by atoms with Gasteiger partial charge in [0.1, 0.15) is 5.75 Å². The van der Waals surface area contributed by atoms with E-state index in [1.165, 1.54) is 17.7 Å². The molecule has 0 radical (unpaired) electrons. The summed E-state index contributed by atoms with van der Waals surface area (Å²) < 4.78 is 5.26. The van der Waals surface area contributed by atoms with E-state index in [0.717, 1.165) is 18.2 Å². The molecule has 1 aromatic carbocycles. The summed E-state index contributed by atoms with van der Waals surface area (Å²) >= 11 is 0. The number of anilines is 1.